The van der Waals surface area contributed by atoms with Gasteiger partial charge in [-0.25, -0.2) is 0 Å². The Kier molecular flexibility index (Phi) is 20.4. The summed E-state index contributed by atoms with van der Waals surface area (Å²) in [6.45, 7) is 4.53. The first kappa shape index (κ1) is 20.7. The van der Waals surface area contributed by atoms with Crippen molar-refractivity contribution >= 4 is 21.6 Å². The van der Waals surface area contributed by atoms with E-state index in [0.717, 1.165) is 0 Å². The van der Waals surface area contributed by atoms with Crippen LogP contribution in [0.5, 0.6) is 0 Å². The molecule has 0 spiro atoms. The van der Waals surface area contributed by atoms with Crippen molar-refractivity contribution in [2.24, 2.45) is 0 Å². The van der Waals surface area contributed by atoms with E-state index < -0.39 is 0 Å². The van der Waals surface area contributed by atoms with Gasteiger partial charge in [-0.2, -0.15) is 0 Å². The smallest absolute Gasteiger partial charge is 0.00369 e. The molecule has 0 aliphatic carbocycles. The van der Waals surface area contributed by atoms with E-state index in [1.807, 2.05) is 10.8 Å². The average molecular weight is 319 g/mol. The van der Waals surface area contributed by atoms with Crippen LogP contribution in [0.25, 0.3) is 0 Å². The summed E-state index contributed by atoms with van der Waals surface area (Å²) >= 11 is 0. The van der Waals surface area contributed by atoms with Crippen molar-refractivity contribution in [1.29, 1.82) is 0 Å². The Morgan fingerprint density at radius 1 is 0.450 bits per heavy atom. The molecule has 0 unspecified atom stereocenters. The molecule has 20 heavy (non-hydrogen) atoms. The van der Waals surface area contributed by atoms with Gasteiger partial charge in [-0.3, -0.25) is 0 Å². The first-order valence-electron chi connectivity index (χ1n) is 9.16. The lowest BCUT2D eigenvalue weighted by atomic mass is 10.0. The van der Waals surface area contributed by atoms with E-state index >= 15 is 0 Å². The van der Waals surface area contributed by atoms with Crippen LogP contribution in [0, 0.1) is 0 Å². The third kappa shape index (κ3) is 18.7. The van der Waals surface area contributed by atoms with Gasteiger partial charge in [0, 0.05) is 11.5 Å². The highest BCUT2D eigenvalue weighted by Crippen LogP contribution is 2.22. The normalized spacial score (nSPS) is 11.1. The van der Waals surface area contributed by atoms with Crippen molar-refractivity contribution in [3.63, 3.8) is 0 Å². The molecule has 0 amide bonds. The Morgan fingerprint density at radius 3 is 1.25 bits per heavy atom. The maximum Gasteiger partial charge on any atom is 0.00369 e. The summed E-state index contributed by atoms with van der Waals surface area (Å²) in [4.78, 5) is 0. The Bertz CT molecular complexity index is 141. The van der Waals surface area contributed by atoms with Crippen molar-refractivity contribution in [3.8, 4) is 0 Å². The summed E-state index contributed by atoms with van der Waals surface area (Å²) in [5.41, 5.74) is 0. The number of unbranched alkanes of at least 4 members (excludes halogenated alkanes) is 13. The second-order valence-electron chi connectivity index (χ2n) is 5.82. The van der Waals surface area contributed by atoms with Crippen molar-refractivity contribution in [1.82, 2.24) is 0 Å². The van der Waals surface area contributed by atoms with Gasteiger partial charge in [-0.1, -0.05) is 119 Å². The first-order valence-corrected chi connectivity index (χ1v) is 11.6. The minimum atomic E-state index is 1.25. The lowest BCUT2D eigenvalue weighted by Gasteiger charge is -2.03. The highest BCUT2D eigenvalue weighted by molar-refractivity contribution is 8.76. The van der Waals surface area contributed by atoms with Gasteiger partial charge in [-0.15, -0.1) is 0 Å². The zero-order valence-electron chi connectivity index (χ0n) is 14.1. The topological polar surface area (TPSA) is 0 Å². The van der Waals surface area contributed by atoms with Crippen LogP contribution in [0.1, 0.15) is 104 Å². The molecule has 0 aliphatic heterocycles. The van der Waals surface area contributed by atoms with E-state index in [1.54, 1.807) is 0 Å². The van der Waals surface area contributed by atoms with Crippen LogP contribution < -0.4 is 0 Å². The van der Waals surface area contributed by atoms with E-state index in [-0.39, 0.29) is 0 Å². The summed E-state index contributed by atoms with van der Waals surface area (Å²) < 4.78 is 0. The Morgan fingerprint density at radius 2 is 0.850 bits per heavy atom. The molecular weight excluding hydrogens is 280 g/mol. The Labute approximate surface area is 137 Å². The minimum absolute atomic E-state index is 1.25. The molecule has 0 heterocycles. The summed E-state index contributed by atoms with van der Waals surface area (Å²) in [6.07, 6.45) is 20.5. The zero-order valence-corrected chi connectivity index (χ0v) is 15.8. The van der Waals surface area contributed by atoms with Gasteiger partial charge in [0.2, 0.25) is 0 Å². The van der Waals surface area contributed by atoms with Crippen molar-refractivity contribution in [2.45, 2.75) is 104 Å². The fraction of sp³-hybridized carbons (Fsp3) is 1.00. The maximum absolute atomic E-state index is 2.29. The van der Waals surface area contributed by atoms with E-state index in [9.17, 15) is 0 Å². The average Bonchev–Trinajstić information content (AvgIpc) is 2.47. The molecule has 0 saturated carbocycles. The molecular formula is C18H38S2. The first-order chi connectivity index (χ1) is 9.91. The molecule has 0 N–H and O–H groups in total. The summed E-state index contributed by atoms with van der Waals surface area (Å²) in [5, 5.41) is 0. The third-order valence-corrected chi connectivity index (χ3v) is 6.35. The van der Waals surface area contributed by atoms with Crippen molar-refractivity contribution in [3.05, 3.63) is 0 Å². The van der Waals surface area contributed by atoms with Crippen molar-refractivity contribution < 1.29 is 0 Å². The standard InChI is InChI=1S/C18H38S2/c1-3-5-6-7-8-9-10-11-12-13-14-15-16-17-18-20-19-4-2/h3-18H2,1-2H3. The number of rotatable bonds is 17. The van der Waals surface area contributed by atoms with E-state index in [0.29, 0.717) is 0 Å². The minimum Gasteiger partial charge on any atom is -0.0944 e. The summed E-state index contributed by atoms with van der Waals surface area (Å²) in [5.74, 6) is 2.61. The largest absolute Gasteiger partial charge is 0.0944 e. The van der Waals surface area contributed by atoms with E-state index in [1.165, 1.54) is 101 Å². The van der Waals surface area contributed by atoms with Gasteiger partial charge < -0.3 is 0 Å². The molecule has 0 rings (SSSR count). The summed E-state index contributed by atoms with van der Waals surface area (Å²) in [6, 6.07) is 0. The highest BCUT2D eigenvalue weighted by atomic mass is 33.1. The second-order valence-corrected chi connectivity index (χ2v) is 8.70. The van der Waals surface area contributed by atoms with Gasteiger partial charge in [0.1, 0.15) is 0 Å². The molecule has 0 fully saturated rings. The van der Waals surface area contributed by atoms with Crippen LogP contribution in [0.4, 0.5) is 0 Å². The lowest BCUT2D eigenvalue weighted by Crippen LogP contribution is -1.84. The molecule has 2 heteroatoms. The monoisotopic (exact) mass is 318 g/mol. The van der Waals surface area contributed by atoms with E-state index in [2.05, 4.69) is 24.6 Å². The van der Waals surface area contributed by atoms with Gasteiger partial charge in [0.05, 0.1) is 0 Å². The molecule has 0 aromatic carbocycles. The van der Waals surface area contributed by atoms with E-state index in [4.69, 9.17) is 0 Å². The van der Waals surface area contributed by atoms with Gasteiger partial charge in [0.25, 0.3) is 0 Å². The predicted octanol–water partition coefficient (Wildman–Crippen LogP) is 7.87. The molecule has 0 aromatic heterocycles. The molecule has 0 saturated heterocycles. The van der Waals surface area contributed by atoms with Crippen LogP contribution in [-0.2, 0) is 0 Å². The van der Waals surface area contributed by atoms with Crippen LogP contribution in [0.3, 0.4) is 0 Å². The fourth-order valence-electron chi connectivity index (χ4n) is 2.50. The maximum atomic E-state index is 2.29. The number of hydrogen-bond acceptors (Lipinski definition) is 2. The van der Waals surface area contributed by atoms with Crippen molar-refractivity contribution in [2.75, 3.05) is 11.5 Å². The lowest BCUT2D eigenvalue weighted by molar-refractivity contribution is 0.538. The molecule has 0 atom stereocenters. The third-order valence-electron chi connectivity index (χ3n) is 3.78. The molecule has 0 aromatic rings. The Hall–Kier alpha value is 0.700. The van der Waals surface area contributed by atoms with Gasteiger partial charge in [0.15, 0.2) is 0 Å². The molecule has 122 valence electrons. The Balaban J connectivity index is 2.89. The highest BCUT2D eigenvalue weighted by Gasteiger charge is 1.94. The SMILES string of the molecule is CCCCCCCCCCCCCCCCSSCC. The van der Waals surface area contributed by atoms with Crippen LogP contribution in [0.15, 0.2) is 0 Å². The predicted molar refractivity (Wildman–Crippen MR) is 101 cm³/mol. The quantitative estimate of drug-likeness (QED) is 0.198. The molecule has 0 bridgehead atoms. The molecule has 0 nitrogen and oxygen atoms in total. The van der Waals surface area contributed by atoms with Crippen LogP contribution in [0.2, 0.25) is 0 Å². The molecule has 0 aliphatic rings. The second kappa shape index (κ2) is 19.7. The zero-order chi connectivity index (χ0) is 14.7. The summed E-state index contributed by atoms with van der Waals surface area (Å²) in [7, 11) is 4.06. The van der Waals surface area contributed by atoms with Crippen LogP contribution >= 0.6 is 21.6 Å². The van der Waals surface area contributed by atoms with Crippen LogP contribution in [-0.4, -0.2) is 11.5 Å². The number of hydrogen-bond donors (Lipinski definition) is 0. The van der Waals surface area contributed by atoms with Gasteiger partial charge in [-0.05, 0) is 6.42 Å². The molecule has 0 radical (unpaired) electrons. The fourth-order valence-corrected chi connectivity index (χ4v) is 4.31. The van der Waals surface area contributed by atoms with Gasteiger partial charge >= 0.3 is 0 Å².